The van der Waals surface area contributed by atoms with Crippen LogP contribution in [0.25, 0.3) is 0 Å². The van der Waals surface area contributed by atoms with Crippen LogP contribution in [-0.4, -0.2) is 26.8 Å². The summed E-state index contributed by atoms with van der Waals surface area (Å²) in [5, 5.41) is 0. The molecule has 0 radical (unpaired) electrons. The highest BCUT2D eigenvalue weighted by Crippen LogP contribution is 2.49. The van der Waals surface area contributed by atoms with Gasteiger partial charge in [0.05, 0.1) is 7.11 Å². The van der Waals surface area contributed by atoms with Crippen LogP contribution >= 0.6 is 0 Å². The standard InChI is InChI=1S/C19H20O5/c1-19(21-3)10-15(12-4-6-13(20-2)7-5-12)14-8-17-18(23-11-22-17)9-16(14)24-19/h4-9,15H,10-11H2,1-3H3/t15-,19+/m0/s1. The lowest BCUT2D eigenvalue weighted by Gasteiger charge is -2.39. The average molecular weight is 328 g/mol. The van der Waals surface area contributed by atoms with E-state index in [-0.39, 0.29) is 12.7 Å². The quantitative estimate of drug-likeness (QED) is 0.860. The molecule has 0 spiro atoms. The number of hydrogen-bond acceptors (Lipinski definition) is 5. The largest absolute Gasteiger partial charge is 0.497 e. The van der Waals surface area contributed by atoms with Gasteiger partial charge in [0, 0.05) is 38.0 Å². The third-order valence-corrected chi connectivity index (χ3v) is 4.73. The van der Waals surface area contributed by atoms with E-state index in [0.717, 1.165) is 22.8 Å². The molecule has 5 heteroatoms. The van der Waals surface area contributed by atoms with Crippen molar-refractivity contribution >= 4 is 0 Å². The molecule has 0 aromatic heterocycles. The summed E-state index contributed by atoms with van der Waals surface area (Å²) >= 11 is 0. The SMILES string of the molecule is COc1ccc([C@@H]2C[C@](C)(OC)Oc3cc4c(cc32)OCO4)cc1. The Hall–Kier alpha value is -2.40. The van der Waals surface area contributed by atoms with Crippen molar-refractivity contribution in [1.29, 1.82) is 0 Å². The van der Waals surface area contributed by atoms with Gasteiger partial charge in [0.2, 0.25) is 12.6 Å². The van der Waals surface area contributed by atoms with Gasteiger partial charge in [-0.1, -0.05) is 12.1 Å². The second-order valence-corrected chi connectivity index (χ2v) is 6.21. The molecule has 2 heterocycles. The average Bonchev–Trinajstić information content (AvgIpc) is 3.06. The Kier molecular flexibility index (Phi) is 3.53. The zero-order chi connectivity index (χ0) is 16.7. The lowest BCUT2D eigenvalue weighted by molar-refractivity contribution is -0.163. The van der Waals surface area contributed by atoms with Crippen molar-refractivity contribution in [3.63, 3.8) is 0 Å². The number of hydrogen-bond donors (Lipinski definition) is 0. The predicted molar refractivity (Wildman–Crippen MR) is 88.1 cm³/mol. The first-order valence-electron chi connectivity index (χ1n) is 7.93. The van der Waals surface area contributed by atoms with Crippen LogP contribution in [0.1, 0.15) is 30.4 Å². The summed E-state index contributed by atoms with van der Waals surface area (Å²) in [4.78, 5) is 0. The molecule has 0 bridgehead atoms. The van der Waals surface area contributed by atoms with Crippen LogP contribution < -0.4 is 18.9 Å². The van der Waals surface area contributed by atoms with E-state index in [1.165, 1.54) is 5.56 Å². The number of fused-ring (bicyclic) bond motifs is 2. The molecule has 2 aliphatic rings. The molecule has 5 nitrogen and oxygen atoms in total. The molecular weight excluding hydrogens is 308 g/mol. The maximum Gasteiger partial charge on any atom is 0.231 e. The van der Waals surface area contributed by atoms with Crippen LogP contribution in [0.15, 0.2) is 36.4 Å². The van der Waals surface area contributed by atoms with Crippen LogP contribution in [0.4, 0.5) is 0 Å². The number of benzene rings is 2. The van der Waals surface area contributed by atoms with E-state index < -0.39 is 5.79 Å². The highest BCUT2D eigenvalue weighted by Gasteiger charge is 2.39. The molecule has 2 aliphatic heterocycles. The molecule has 2 aromatic rings. The molecule has 0 saturated heterocycles. The van der Waals surface area contributed by atoms with Crippen molar-refractivity contribution in [2.45, 2.75) is 25.0 Å². The minimum Gasteiger partial charge on any atom is -0.497 e. The van der Waals surface area contributed by atoms with E-state index in [1.807, 2.05) is 31.2 Å². The van der Waals surface area contributed by atoms with Crippen LogP contribution in [-0.2, 0) is 4.74 Å². The van der Waals surface area contributed by atoms with Crippen molar-refractivity contribution in [2.75, 3.05) is 21.0 Å². The second kappa shape index (κ2) is 5.60. The second-order valence-electron chi connectivity index (χ2n) is 6.21. The molecule has 0 aliphatic carbocycles. The molecule has 2 aromatic carbocycles. The smallest absolute Gasteiger partial charge is 0.231 e. The molecule has 24 heavy (non-hydrogen) atoms. The van der Waals surface area contributed by atoms with Crippen molar-refractivity contribution in [3.8, 4) is 23.0 Å². The van der Waals surface area contributed by atoms with Crippen molar-refractivity contribution in [2.24, 2.45) is 0 Å². The lowest BCUT2D eigenvalue weighted by atomic mass is 9.83. The first-order chi connectivity index (χ1) is 11.6. The van der Waals surface area contributed by atoms with Gasteiger partial charge >= 0.3 is 0 Å². The molecule has 0 N–H and O–H groups in total. The zero-order valence-corrected chi connectivity index (χ0v) is 14.0. The van der Waals surface area contributed by atoms with Crippen LogP contribution in [0, 0.1) is 0 Å². The molecule has 0 saturated carbocycles. The summed E-state index contributed by atoms with van der Waals surface area (Å²) in [6.07, 6.45) is 0.711. The summed E-state index contributed by atoms with van der Waals surface area (Å²) in [5.41, 5.74) is 2.27. The normalized spacial score (nSPS) is 24.2. The Morgan fingerprint density at radius 3 is 2.38 bits per heavy atom. The van der Waals surface area contributed by atoms with Gasteiger partial charge in [-0.05, 0) is 23.8 Å². The van der Waals surface area contributed by atoms with Crippen LogP contribution in [0.2, 0.25) is 0 Å². The number of rotatable bonds is 3. The van der Waals surface area contributed by atoms with E-state index in [4.69, 9.17) is 23.7 Å². The summed E-state index contributed by atoms with van der Waals surface area (Å²) in [6.45, 7) is 2.20. The topological polar surface area (TPSA) is 46.2 Å². The molecular formula is C19H20O5. The molecule has 0 fully saturated rings. The fourth-order valence-corrected chi connectivity index (χ4v) is 3.31. The highest BCUT2D eigenvalue weighted by atomic mass is 16.7. The van der Waals surface area contributed by atoms with Gasteiger partial charge in [0.1, 0.15) is 11.5 Å². The first kappa shape index (κ1) is 15.1. The highest BCUT2D eigenvalue weighted by molar-refractivity contribution is 5.56. The summed E-state index contributed by atoms with van der Waals surface area (Å²) in [6, 6.07) is 12.0. The third-order valence-electron chi connectivity index (χ3n) is 4.73. The summed E-state index contributed by atoms with van der Waals surface area (Å²) in [5.74, 6) is 2.53. The van der Waals surface area contributed by atoms with Gasteiger partial charge in [-0.3, -0.25) is 0 Å². The fourth-order valence-electron chi connectivity index (χ4n) is 3.31. The minimum absolute atomic E-state index is 0.138. The summed E-state index contributed by atoms with van der Waals surface area (Å²) in [7, 11) is 3.34. The van der Waals surface area contributed by atoms with Gasteiger partial charge in [-0.2, -0.15) is 0 Å². The first-order valence-corrected chi connectivity index (χ1v) is 7.93. The Balaban J connectivity index is 1.80. The van der Waals surface area contributed by atoms with E-state index in [9.17, 15) is 0 Å². The van der Waals surface area contributed by atoms with Gasteiger partial charge in [-0.15, -0.1) is 0 Å². The molecule has 126 valence electrons. The van der Waals surface area contributed by atoms with Gasteiger partial charge in [0.25, 0.3) is 0 Å². The Labute approximate surface area is 141 Å². The molecule has 0 unspecified atom stereocenters. The Bertz CT molecular complexity index is 755. The zero-order valence-electron chi connectivity index (χ0n) is 14.0. The third kappa shape index (κ3) is 2.45. The maximum absolute atomic E-state index is 6.11. The number of methoxy groups -OCH3 is 2. The van der Waals surface area contributed by atoms with E-state index in [1.54, 1.807) is 14.2 Å². The monoisotopic (exact) mass is 328 g/mol. The summed E-state index contributed by atoms with van der Waals surface area (Å²) < 4.78 is 28.0. The van der Waals surface area contributed by atoms with E-state index >= 15 is 0 Å². The fraction of sp³-hybridized carbons (Fsp3) is 0.368. The Morgan fingerprint density at radius 1 is 1.00 bits per heavy atom. The van der Waals surface area contributed by atoms with Crippen molar-refractivity contribution < 1.29 is 23.7 Å². The van der Waals surface area contributed by atoms with E-state index in [0.29, 0.717) is 12.2 Å². The van der Waals surface area contributed by atoms with Crippen molar-refractivity contribution in [1.82, 2.24) is 0 Å². The van der Waals surface area contributed by atoms with Crippen molar-refractivity contribution in [3.05, 3.63) is 47.5 Å². The Morgan fingerprint density at radius 2 is 1.71 bits per heavy atom. The molecule has 0 amide bonds. The minimum atomic E-state index is -0.689. The lowest BCUT2D eigenvalue weighted by Crippen LogP contribution is -2.40. The van der Waals surface area contributed by atoms with Gasteiger partial charge in [-0.25, -0.2) is 0 Å². The maximum atomic E-state index is 6.11. The van der Waals surface area contributed by atoms with E-state index in [2.05, 4.69) is 12.1 Å². The van der Waals surface area contributed by atoms with Gasteiger partial charge in [0.15, 0.2) is 11.5 Å². The molecule has 2 atom stereocenters. The predicted octanol–water partition coefficient (Wildman–Crippen LogP) is 3.70. The van der Waals surface area contributed by atoms with Gasteiger partial charge < -0.3 is 23.7 Å². The van der Waals surface area contributed by atoms with Crippen LogP contribution in [0.3, 0.4) is 0 Å². The van der Waals surface area contributed by atoms with Crippen LogP contribution in [0.5, 0.6) is 23.0 Å². The number of ether oxygens (including phenoxy) is 5. The molecule has 4 rings (SSSR count).